The normalized spacial score (nSPS) is 14.5. The van der Waals surface area contributed by atoms with E-state index in [1.807, 2.05) is 36.1 Å². The van der Waals surface area contributed by atoms with Crippen LogP contribution in [0.4, 0.5) is 20.6 Å². The van der Waals surface area contributed by atoms with Crippen molar-refractivity contribution < 1.29 is 9.18 Å². The zero-order valence-electron chi connectivity index (χ0n) is 14.8. The Morgan fingerprint density at radius 2 is 1.80 bits per heavy atom. The van der Waals surface area contributed by atoms with Crippen molar-refractivity contribution in [1.29, 1.82) is 0 Å². The third-order valence-corrected chi connectivity index (χ3v) is 4.73. The smallest absolute Gasteiger partial charge is 0.321 e. The zero-order valence-corrected chi connectivity index (χ0v) is 14.8. The van der Waals surface area contributed by atoms with Gasteiger partial charge in [0.15, 0.2) is 0 Å². The summed E-state index contributed by atoms with van der Waals surface area (Å²) in [5, 5.41) is 3.06. The molecule has 0 atom stereocenters. The van der Waals surface area contributed by atoms with Gasteiger partial charge in [-0.1, -0.05) is 37.3 Å². The van der Waals surface area contributed by atoms with Gasteiger partial charge in [0.25, 0.3) is 0 Å². The number of para-hydroxylation sites is 2. The molecule has 3 rings (SSSR count). The fraction of sp³-hybridized carbons (Fsp3) is 0.350. The molecule has 0 saturated carbocycles. The van der Waals surface area contributed by atoms with E-state index in [9.17, 15) is 9.18 Å². The Hall–Kier alpha value is -2.56. The lowest BCUT2D eigenvalue weighted by molar-refractivity contribution is 0.208. The van der Waals surface area contributed by atoms with E-state index < -0.39 is 0 Å². The number of amides is 2. The molecule has 1 N–H and O–H groups in total. The van der Waals surface area contributed by atoms with Crippen molar-refractivity contribution in [2.45, 2.75) is 20.3 Å². The third kappa shape index (κ3) is 3.76. The summed E-state index contributed by atoms with van der Waals surface area (Å²) >= 11 is 0. The summed E-state index contributed by atoms with van der Waals surface area (Å²) in [4.78, 5) is 16.4. The number of anilines is 2. The highest BCUT2D eigenvalue weighted by atomic mass is 19.1. The molecule has 0 unspecified atom stereocenters. The summed E-state index contributed by atoms with van der Waals surface area (Å²) < 4.78 is 13.9. The van der Waals surface area contributed by atoms with E-state index in [0.29, 0.717) is 31.9 Å². The number of nitrogens with zero attached hydrogens (tertiary/aromatic N) is 2. The molecule has 2 amide bonds. The highest BCUT2D eigenvalue weighted by Gasteiger charge is 2.23. The molecule has 4 nitrogen and oxygen atoms in total. The molecule has 132 valence electrons. The number of hydrogen-bond donors (Lipinski definition) is 1. The van der Waals surface area contributed by atoms with Crippen LogP contribution in [-0.4, -0.2) is 37.1 Å². The lowest BCUT2D eigenvalue weighted by Gasteiger charge is -2.36. The van der Waals surface area contributed by atoms with Gasteiger partial charge in [0, 0.05) is 31.9 Å². The second-order valence-electron chi connectivity index (χ2n) is 6.32. The Kier molecular flexibility index (Phi) is 5.22. The van der Waals surface area contributed by atoms with E-state index in [4.69, 9.17) is 0 Å². The Labute approximate surface area is 148 Å². The van der Waals surface area contributed by atoms with E-state index in [2.05, 4.69) is 12.2 Å². The molecule has 2 aromatic rings. The maximum atomic E-state index is 13.9. The first-order valence-corrected chi connectivity index (χ1v) is 8.74. The van der Waals surface area contributed by atoms with Crippen LogP contribution in [0.3, 0.4) is 0 Å². The van der Waals surface area contributed by atoms with Gasteiger partial charge in [-0.2, -0.15) is 0 Å². The van der Waals surface area contributed by atoms with Crippen LogP contribution in [0, 0.1) is 12.7 Å². The summed E-state index contributed by atoms with van der Waals surface area (Å²) in [6.07, 6.45) is 0.873. The van der Waals surface area contributed by atoms with Crippen LogP contribution in [0.1, 0.15) is 18.1 Å². The van der Waals surface area contributed by atoms with Gasteiger partial charge in [-0.25, -0.2) is 9.18 Å². The summed E-state index contributed by atoms with van der Waals surface area (Å²) in [6, 6.07) is 12.8. The molecule has 1 aliphatic heterocycles. The Bertz CT molecular complexity index is 754. The van der Waals surface area contributed by atoms with E-state index >= 15 is 0 Å². The molecule has 5 heteroatoms. The number of nitrogens with one attached hydrogen (secondary N) is 1. The van der Waals surface area contributed by atoms with Crippen molar-refractivity contribution in [3.63, 3.8) is 0 Å². The van der Waals surface area contributed by atoms with Crippen LogP contribution < -0.4 is 10.2 Å². The van der Waals surface area contributed by atoms with Crippen LogP contribution in [0.5, 0.6) is 0 Å². The highest BCUT2D eigenvalue weighted by molar-refractivity contribution is 5.91. The predicted molar refractivity (Wildman–Crippen MR) is 99.8 cm³/mol. The summed E-state index contributed by atoms with van der Waals surface area (Å²) in [7, 11) is 0. The molecule has 0 aromatic heterocycles. The van der Waals surface area contributed by atoms with Gasteiger partial charge < -0.3 is 15.1 Å². The Balaban J connectivity index is 1.64. The van der Waals surface area contributed by atoms with Gasteiger partial charge in [0.05, 0.1) is 5.69 Å². The molecule has 25 heavy (non-hydrogen) atoms. The second kappa shape index (κ2) is 7.55. The van der Waals surface area contributed by atoms with Crippen molar-refractivity contribution in [3.8, 4) is 0 Å². The molecule has 0 radical (unpaired) electrons. The monoisotopic (exact) mass is 341 g/mol. The standard InChI is InChI=1S/C20H24FN3O/c1-3-16-8-6-7-15(2)19(16)22-20(25)24-13-11-23(12-14-24)18-10-5-4-9-17(18)21/h4-10H,3,11-14H2,1-2H3,(H,22,25). The minimum absolute atomic E-state index is 0.0859. The van der Waals surface area contributed by atoms with Crippen molar-refractivity contribution in [2.24, 2.45) is 0 Å². The minimum atomic E-state index is -0.215. The van der Waals surface area contributed by atoms with Crippen molar-refractivity contribution >= 4 is 17.4 Å². The van der Waals surface area contributed by atoms with Gasteiger partial charge in [0.2, 0.25) is 0 Å². The van der Waals surface area contributed by atoms with E-state index in [0.717, 1.165) is 23.2 Å². The SMILES string of the molecule is CCc1cccc(C)c1NC(=O)N1CCN(c2ccccc2F)CC1. The largest absolute Gasteiger partial charge is 0.366 e. The first kappa shape index (κ1) is 17.3. The number of benzene rings is 2. The number of aryl methyl sites for hydroxylation is 2. The predicted octanol–water partition coefficient (Wildman–Crippen LogP) is 4.05. The molecule has 0 spiro atoms. The highest BCUT2D eigenvalue weighted by Crippen LogP contribution is 2.23. The summed E-state index contributed by atoms with van der Waals surface area (Å²) in [6.45, 7) is 6.50. The molecule has 0 aliphatic carbocycles. The molecular weight excluding hydrogens is 317 g/mol. The van der Waals surface area contributed by atoms with Crippen LogP contribution in [-0.2, 0) is 6.42 Å². The Morgan fingerprint density at radius 1 is 1.08 bits per heavy atom. The molecule has 1 saturated heterocycles. The fourth-order valence-electron chi connectivity index (χ4n) is 3.25. The van der Waals surface area contributed by atoms with Gasteiger partial charge in [-0.3, -0.25) is 0 Å². The molecule has 1 fully saturated rings. The second-order valence-corrected chi connectivity index (χ2v) is 6.32. The molecular formula is C20H24FN3O. The van der Waals surface area contributed by atoms with E-state index in [-0.39, 0.29) is 11.8 Å². The van der Waals surface area contributed by atoms with Gasteiger partial charge >= 0.3 is 6.03 Å². The van der Waals surface area contributed by atoms with Crippen LogP contribution in [0.2, 0.25) is 0 Å². The number of carbonyl (C=O) groups is 1. The first-order chi connectivity index (χ1) is 12.1. The third-order valence-electron chi connectivity index (χ3n) is 4.73. The van der Waals surface area contributed by atoms with Gasteiger partial charge in [-0.05, 0) is 36.6 Å². The van der Waals surface area contributed by atoms with Gasteiger partial charge in [0.1, 0.15) is 5.82 Å². The van der Waals surface area contributed by atoms with E-state index in [1.54, 1.807) is 17.0 Å². The number of halogens is 1. The molecule has 0 bridgehead atoms. The van der Waals surface area contributed by atoms with Crippen LogP contribution >= 0.6 is 0 Å². The maximum absolute atomic E-state index is 13.9. The number of rotatable bonds is 3. The summed E-state index contributed by atoms with van der Waals surface area (Å²) in [5.41, 5.74) is 3.72. The average molecular weight is 341 g/mol. The van der Waals surface area contributed by atoms with Gasteiger partial charge in [-0.15, -0.1) is 0 Å². The Morgan fingerprint density at radius 3 is 2.48 bits per heavy atom. The number of urea groups is 1. The first-order valence-electron chi connectivity index (χ1n) is 8.74. The van der Waals surface area contributed by atoms with E-state index in [1.165, 1.54) is 6.07 Å². The zero-order chi connectivity index (χ0) is 17.8. The minimum Gasteiger partial charge on any atom is -0.366 e. The lowest BCUT2D eigenvalue weighted by atomic mass is 10.1. The fourth-order valence-corrected chi connectivity index (χ4v) is 3.25. The quantitative estimate of drug-likeness (QED) is 0.914. The number of hydrogen-bond acceptors (Lipinski definition) is 2. The maximum Gasteiger partial charge on any atom is 0.321 e. The van der Waals surface area contributed by atoms with Crippen molar-refractivity contribution in [3.05, 3.63) is 59.4 Å². The average Bonchev–Trinajstić information content (AvgIpc) is 2.64. The number of carbonyl (C=O) groups excluding carboxylic acids is 1. The molecule has 2 aromatic carbocycles. The molecule has 1 heterocycles. The number of piperazine rings is 1. The summed E-state index contributed by atoms with van der Waals surface area (Å²) in [5.74, 6) is -0.215. The molecule has 1 aliphatic rings. The van der Waals surface area contributed by atoms with Crippen molar-refractivity contribution in [2.75, 3.05) is 36.4 Å². The van der Waals surface area contributed by atoms with Crippen LogP contribution in [0.25, 0.3) is 0 Å². The van der Waals surface area contributed by atoms with Crippen LogP contribution in [0.15, 0.2) is 42.5 Å². The van der Waals surface area contributed by atoms with Crippen molar-refractivity contribution in [1.82, 2.24) is 4.90 Å². The lowest BCUT2D eigenvalue weighted by Crippen LogP contribution is -2.50. The topological polar surface area (TPSA) is 35.6 Å².